The van der Waals surface area contributed by atoms with Crippen LogP contribution in [0.5, 0.6) is 0 Å². The van der Waals surface area contributed by atoms with Crippen LogP contribution in [0.3, 0.4) is 0 Å². The number of amidine groups is 1. The van der Waals surface area contributed by atoms with Crippen molar-refractivity contribution in [2.75, 3.05) is 18.1 Å². The van der Waals surface area contributed by atoms with E-state index in [4.69, 9.17) is 16.2 Å². The molecule has 1 unspecified atom stereocenters. The Labute approximate surface area is 114 Å². The molecule has 1 heterocycles. The number of aliphatic hydroxyl groups excluding tert-OH is 1. The predicted molar refractivity (Wildman–Crippen MR) is 78.9 cm³/mol. The summed E-state index contributed by atoms with van der Waals surface area (Å²) in [6, 6.07) is 6.52. The van der Waals surface area contributed by atoms with Gasteiger partial charge in [-0.05, 0) is 56.4 Å². The van der Waals surface area contributed by atoms with Gasteiger partial charge in [0.05, 0.1) is 0 Å². The summed E-state index contributed by atoms with van der Waals surface area (Å²) in [6.07, 6.45) is 4.33. The van der Waals surface area contributed by atoms with Crippen molar-refractivity contribution < 1.29 is 5.11 Å². The summed E-state index contributed by atoms with van der Waals surface area (Å²) in [5.41, 5.74) is 8.72. The smallest absolute Gasteiger partial charge is 0.122 e. The van der Waals surface area contributed by atoms with E-state index < -0.39 is 0 Å². The molecule has 0 spiro atoms. The van der Waals surface area contributed by atoms with Gasteiger partial charge in [0.15, 0.2) is 0 Å². The molecule has 0 radical (unpaired) electrons. The van der Waals surface area contributed by atoms with E-state index in [1.165, 1.54) is 24.1 Å². The summed E-state index contributed by atoms with van der Waals surface area (Å²) in [5.74, 6) is 0.118. The van der Waals surface area contributed by atoms with Gasteiger partial charge in [-0.25, -0.2) is 0 Å². The third-order valence-corrected chi connectivity index (χ3v) is 3.89. The number of anilines is 1. The van der Waals surface area contributed by atoms with Crippen LogP contribution in [0, 0.1) is 12.3 Å². The van der Waals surface area contributed by atoms with Crippen LogP contribution in [0.1, 0.15) is 36.8 Å². The van der Waals surface area contributed by atoms with Gasteiger partial charge in [0.1, 0.15) is 5.84 Å². The number of aliphatic hydroxyl groups is 1. The lowest BCUT2D eigenvalue weighted by Gasteiger charge is -2.28. The van der Waals surface area contributed by atoms with Gasteiger partial charge in [-0.1, -0.05) is 0 Å². The number of nitrogen functional groups attached to an aromatic ring is 1. The van der Waals surface area contributed by atoms with Gasteiger partial charge in [0, 0.05) is 30.4 Å². The SMILES string of the molecule is Cc1cc(C(=N)N)ccc1N1CCCC1CCCO. The Kier molecular flexibility index (Phi) is 4.43. The lowest BCUT2D eigenvalue weighted by Crippen LogP contribution is -2.30. The fourth-order valence-electron chi connectivity index (χ4n) is 2.93. The highest BCUT2D eigenvalue weighted by molar-refractivity contribution is 5.95. The Balaban J connectivity index is 2.18. The molecule has 19 heavy (non-hydrogen) atoms. The molecule has 1 aromatic rings. The van der Waals surface area contributed by atoms with Crippen LogP contribution in [0.15, 0.2) is 18.2 Å². The van der Waals surface area contributed by atoms with Crippen molar-refractivity contribution >= 4 is 11.5 Å². The van der Waals surface area contributed by atoms with Crippen LogP contribution in [0.4, 0.5) is 5.69 Å². The first-order valence-corrected chi connectivity index (χ1v) is 6.96. The first-order chi connectivity index (χ1) is 9.13. The van der Waals surface area contributed by atoms with Crippen molar-refractivity contribution in [2.24, 2.45) is 5.73 Å². The molecule has 4 heteroatoms. The van der Waals surface area contributed by atoms with E-state index in [9.17, 15) is 0 Å². The quantitative estimate of drug-likeness (QED) is 0.561. The maximum atomic E-state index is 8.98. The summed E-state index contributed by atoms with van der Waals surface area (Å²) in [7, 11) is 0. The minimum atomic E-state index is 0.118. The highest BCUT2D eigenvalue weighted by atomic mass is 16.2. The fraction of sp³-hybridized carbons (Fsp3) is 0.533. The molecule has 1 aromatic carbocycles. The molecule has 1 atom stereocenters. The number of hydrogen-bond donors (Lipinski definition) is 3. The molecular weight excluding hydrogens is 238 g/mol. The number of benzene rings is 1. The minimum absolute atomic E-state index is 0.118. The van der Waals surface area contributed by atoms with Crippen LogP contribution in [0.25, 0.3) is 0 Å². The van der Waals surface area contributed by atoms with Crippen LogP contribution in [-0.2, 0) is 0 Å². The van der Waals surface area contributed by atoms with E-state index in [0.29, 0.717) is 6.04 Å². The van der Waals surface area contributed by atoms with Crippen LogP contribution < -0.4 is 10.6 Å². The molecule has 0 amide bonds. The Bertz CT molecular complexity index is 459. The third kappa shape index (κ3) is 3.07. The van der Waals surface area contributed by atoms with Crippen molar-refractivity contribution in [1.29, 1.82) is 5.41 Å². The first kappa shape index (κ1) is 13.9. The third-order valence-electron chi connectivity index (χ3n) is 3.89. The molecule has 0 aromatic heterocycles. The van der Waals surface area contributed by atoms with Crippen molar-refractivity contribution in [3.8, 4) is 0 Å². The Morgan fingerprint density at radius 2 is 2.32 bits per heavy atom. The summed E-state index contributed by atoms with van der Waals surface area (Å²) < 4.78 is 0. The average Bonchev–Trinajstić information content (AvgIpc) is 2.84. The number of nitrogens with zero attached hydrogens (tertiary/aromatic N) is 1. The largest absolute Gasteiger partial charge is 0.396 e. The Hall–Kier alpha value is -1.55. The van der Waals surface area contributed by atoms with E-state index in [2.05, 4.69) is 17.9 Å². The second-order valence-corrected chi connectivity index (χ2v) is 5.27. The molecular formula is C15H23N3O. The summed E-state index contributed by atoms with van der Waals surface area (Å²) in [4.78, 5) is 2.44. The van der Waals surface area contributed by atoms with Gasteiger partial charge in [-0.2, -0.15) is 0 Å². The molecule has 0 bridgehead atoms. The highest BCUT2D eigenvalue weighted by Crippen LogP contribution is 2.30. The number of aryl methyl sites for hydroxylation is 1. The number of nitrogens with two attached hydrogens (primary N) is 1. The summed E-state index contributed by atoms with van der Waals surface area (Å²) >= 11 is 0. The molecule has 0 saturated carbocycles. The van der Waals surface area contributed by atoms with Crippen LogP contribution >= 0.6 is 0 Å². The molecule has 0 aliphatic carbocycles. The summed E-state index contributed by atoms with van der Waals surface area (Å²) in [6.45, 7) is 3.42. The zero-order valence-corrected chi connectivity index (χ0v) is 11.5. The van der Waals surface area contributed by atoms with Crippen molar-refractivity contribution in [2.45, 2.75) is 38.6 Å². The zero-order valence-electron chi connectivity index (χ0n) is 11.5. The van der Waals surface area contributed by atoms with Gasteiger partial charge < -0.3 is 15.7 Å². The van der Waals surface area contributed by atoms with Gasteiger partial charge >= 0.3 is 0 Å². The van der Waals surface area contributed by atoms with Gasteiger partial charge in [0.25, 0.3) is 0 Å². The second kappa shape index (κ2) is 6.06. The normalized spacial score (nSPS) is 18.8. The van der Waals surface area contributed by atoms with E-state index in [1.54, 1.807) is 0 Å². The maximum absolute atomic E-state index is 8.98. The molecule has 2 rings (SSSR count). The van der Waals surface area contributed by atoms with E-state index in [1.807, 2.05) is 12.1 Å². The second-order valence-electron chi connectivity index (χ2n) is 5.27. The van der Waals surface area contributed by atoms with E-state index in [0.717, 1.165) is 24.9 Å². The van der Waals surface area contributed by atoms with Gasteiger partial charge in [-0.15, -0.1) is 0 Å². The van der Waals surface area contributed by atoms with Crippen molar-refractivity contribution in [3.63, 3.8) is 0 Å². The standard InChI is InChI=1S/C15H23N3O/c1-11-10-12(15(16)17)6-7-14(11)18-8-2-4-13(18)5-3-9-19/h6-7,10,13,19H,2-5,8-9H2,1H3,(H3,16,17). The minimum Gasteiger partial charge on any atom is -0.396 e. The fourth-order valence-corrected chi connectivity index (χ4v) is 2.93. The van der Waals surface area contributed by atoms with Gasteiger partial charge in [-0.3, -0.25) is 5.41 Å². The number of rotatable bonds is 5. The topological polar surface area (TPSA) is 73.3 Å². The van der Waals surface area contributed by atoms with Gasteiger partial charge in [0.2, 0.25) is 0 Å². The van der Waals surface area contributed by atoms with Crippen LogP contribution in [0.2, 0.25) is 0 Å². The average molecular weight is 261 g/mol. The monoisotopic (exact) mass is 261 g/mol. The van der Waals surface area contributed by atoms with Crippen molar-refractivity contribution in [1.82, 2.24) is 0 Å². The predicted octanol–water partition coefficient (Wildman–Crippen LogP) is 2.02. The van der Waals surface area contributed by atoms with Crippen LogP contribution in [-0.4, -0.2) is 30.1 Å². The number of nitrogens with one attached hydrogen (secondary N) is 1. The molecule has 1 aliphatic heterocycles. The molecule has 4 N–H and O–H groups in total. The zero-order chi connectivity index (χ0) is 13.8. The number of hydrogen-bond acceptors (Lipinski definition) is 3. The molecule has 1 aliphatic rings. The Morgan fingerprint density at radius 1 is 1.53 bits per heavy atom. The molecule has 4 nitrogen and oxygen atoms in total. The lowest BCUT2D eigenvalue weighted by molar-refractivity contribution is 0.279. The molecule has 1 saturated heterocycles. The first-order valence-electron chi connectivity index (χ1n) is 6.96. The highest BCUT2D eigenvalue weighted by Gasteiger charge is 2.25. The molecule has 1 fully saturated rings. The van der Waals surface area contributed by atoms with E-state index >= 15 is 0 Å². The molecule has 104 valence electrons. The van der Waals surface area contributed by atoms with E-state index in [-0.39, 0.29) is 12.4 Å². The lowest BCUT2D eigenvalue weighted by atomic mass is 10.1. The van der Waals surface area contributed by atoms with Crippen molar-refractivity contribution in [3.05, 3.63) is 29.3 Å². The summed E-state index contributed by atoms with van der Waals surface area (Å²) in [5, 5.41) is 16.5. The maximum Gasteiger partial charge on any atom is 0.122 e. The Morgan fingerprint density at radius 3 is 2.95 bits per heavy atom.